The maximum Gasteiger partial charge on any atom is 0.305 e. The van der Waals surface area contributed by atoms with Gasteiger partial charge < -0.3 is 15.1 Å². The van der Waals surface area contributed by atoms with E-state index in [9.17, 15) is 4.79 Å². The standard InChI is InChI=1S/C13H16N6O2/c14-10-11(17-18-13(20)9-4-3-7-21-9)15-8-16-12(10)19-5-1-2-6-19/h3-4,7-8H,1-2,5-6,14H2,(H,18,20)(H,15,16,17). The maximum absolute atomic E-state index is 11.8. The van der Waals surface area contributed by atoms with E-state index in [0.29, 0.717) is 17.3 Å². The number of nitrogens with two attached hydrogens (primary N) is 1. The van der Waals surface area contributed by atoms with Crippen molar-refractivity contribution in [1.82, 2.24) is 15.4 Å². The lowest BCUT2D eigenvalue weighted by atomic mass is 10.4. The predicted octanol–water partition coefficient (Wildman–Crippen LogP) is 1.01. The summed E-state index contributed by atoms with van der Waals surface area (Å²) in [6.07, 6.45) is 5.10. The first-order chi connectivity index (χ1) is 10.3. The first-order valence-corrected chi connectivity index (χ1v) is 6.71. The summed E-state index contributed by atoms with van der Waals surface area (Å²) in [7, 11) is 0. The summed E-state index contributed by atoms with van der Waals surface area (Å²) < 4.78 is 4.99. The first kappa shape index (κ1) is 13.2. The number of amides is 1. The highest BCUT2D eigenvalue weighted by Crippen LogP contribution is 2.28. The van der Waals surface area contributed by atoms with Crippen LogP contribution in [-0.4, -0.2) is 29.0 Å². The van der Waals surface area contributed by atoms with Crippen molar-refractivity contribution < 1.29 is 9.21 Å². The highest BCUT2D eigenvalue weighted by Gasteiger charge is 2.19. The molecule has 1 amide bonds. The molecule has 0 aliphatic carbocycles. The molecule has 0 saturated carbocycles. The third kappa shape index (κ3) is 2.73. The third-order valence-electron chi connectivity index (χ3n) is 3.31. The molecule has 1 aliphatic rings. The van der Waals surface area contributed by atoms with E-state index >= 15 is 0 Å². The summed E-state index contributed by atoms with van der Waals surface area (Å²) in [4.78, 5) is 22.1. The minimum Gasteiger partial charge on any atom is -0.459 e. The molecule has 8 heteroatoms. The normalized spacial score (nSPS) is 14.2. The van der Waals surface area contributed by atoms with E-state index in [-0.39, 0.29) is 5.76 Å². The van der Waals surface area contributed by atoms with Gasteiger partial charge in [0.1, 0.15) is 12.0 Å². The van der Waals surface area contributed by atoms with Gasteiger partial charge in [-0.1, -0.05) is 0 Å². The van der Waals surface area contributed by atoms with Gasteiger partial charge in [-0.3, -0.25) is 15.6 Å². The number of nitrogens with zero attached hydrogens (tertiary/aromatic N) is 3. The molecule has 1 fully saturated rings. The smallest absolute Gasteiger partial charge is 0.305 e. The van der Waals surface area contributed by atoms with Crippen molar-refractivity contribution in [2.24, 2.45) is 0 Å². The van der Waals surface area contributed by atoms with Crippen molar-refractivity contribution in [2.75, 3.05) is 29.1 Å². The quantitative estimate of drug-likeness (QED) is 0.720. The van der Waals surface area contributed by atoms with Crippen LogP contribution < -0.4 is 21.5 Å². The molecular formula is C13H16N6O2. The van der Waals surface area contributed by atoms with Gasteiger partial charge in [-0.2, -0.15) is 0 Å². The molecule has 0 spiro atoms. The minimum atomic E-state index is -0.402. The zero-order valence-electron chi connectivity index (χ0n) is 11.4. The van der Waals surface area contributed by atoms with Crippen LogP contribution in [0.1, 0.15) is 23.4 Å². The number of furan rings is 1. The highest BCUT2D eigenvalue weighted by molar-refractivity contribution is 5.92. The van der Waals surface area contributed by atoms with Crippen LogP contribution in [0, 0.1) is 0 Å². The molecule has 0 unspecified atom stereocenters. The van der Waals surface area contributed by atoms with Gasteiger partial charge in [0.25, 0.3) is 0 Å². The number of anilines is 3. The summed E-state index contributed by atoms with van der Waals surface area (Å²) in [5.74, 6) is 0.861. The molecule has 0 atom stereocenters. The Morgan fingerprint density at radius 3 is 2.86 bits per heavy atom. The topological polar surface area (TPSA) is 109 Å². The SMILES string of the molecule is Nc1c(NNC(=O)c2ccco2)ncnc1N1CCCC1. The van der Waals surface area contributed by atoms with Crippen molar-refractivity contribution in [3.05, 3.63) is 30.5 Å². The van der Waals surface area contributed by atoms with E-state index in [1.807, 2.05) is 0 Å². The number of nitrogens with one attached hydrogen (secondary N) is 2. The number of carbonyl (C=O) groups excluding carboxylic acids is 1. The molecule has 4 N–H and O–H groups in total. The number of nitrogen functional groups attached to an aromatic ring is 1. The highest BCUT2D eigenvalue weighted by atomic mass is 16.3. The number of hydrazine groups is 1. The maximum atomic E-state index is 11.8. The van der Waals surface area contributed by atoms with Crippen molar-refractivity contribution in [1.29, 1.82) is 0 Å². The Labute approximate surface area is 121 Å². The second-order valence-electron chi connectivity index (χ2n) is 4.71. The van der Waals surface area contributed by atoms with Crippen LogP contribution in [0.25, 0.3) is 0 Å². The van der Waals surface area contributed by atoms with Crippen LogP contribution >= 0.6 is 0 Å². The molecule has 1 aliphatic heterocycles. The fourth-order valence-corrected chi connectivity index (χ4v) is 2.25. The van der Waals surface area contributed by atoms with Crippen molar-refractivity contribution >= 4 is 23.2 Å². The predicted molar refractivity (Wildman–Crippen MR) is 77.7 cm³/mol. The van der Waals surface area contributed by atoms with Crippen molar-refractivity contribution in [2.45, 2.75) is 12.8 Å². The Balaban J connectivity index is 1.70. The van der Waals surface area contributed by atoms with Gasteiger partial charge in [-0.05, 0) is 25.0 Å². The van der Waals surface area contributed by atoms with Crippen LogP contribution in [-0.2, 0) is 0 Å². The summed E-state index contributed by atoms with van der Waals surface area (Å²) in [6.45, 7) is 1.86. The van der Waals surface area contributed by atoms with E-state index in [1.165, 1.54) is 12.6 Å². The van der Waals surface area contributed by atoms with Gasteiger partial charge in [-0.15, -0.1) is 0 Å². The zero-order chi connectivity index (χ0) is 14.7. The fourth-order valence-electron chi connectivity index (χ4n) is 2.25. The average Bonchev–Trinajstić information content (AvgIpc) is 3.19. The lowest BCUT2D eigenvalue weighted by Gasteiger charge is -2.19. The minimum absolute atomic E-state index is 0.204. The molecule has 3 heterocycles. The molecule has 0 aromatic carbocycles. The van der Waals surface area contributed by atoms with E-state index in [1.54, 1.807) is 12.1 Å². The Bertz CT molecular complexity index is 622. The lowest BCUT2D eigenvalue weighted by Crippen LogP contribution is -2.30. The van der Waals surface area contributed by atoms with Crippen LogP contribution in [0.3, 0.4) is 0 Å². The van der Waals surface area contributed by atoms with Crippen LogP contribution in [0.15, 0.2) is 29.1 Å². The fraction of sp³-hybridized carbons (Fsp3) is 0.308. The van der Waals surface area contributed by atoms with E-state index < -0.39 is 5.91 Å². The molecule has 110 valence electrons. The summed E-state index contributed by atoms with van der Waals surface area (Å²) in [6, 6.07) is 3.20. The molecule has 1 saturated heterocycles. The van der Waals surface area contributed by atoms with E-state index in [2.05, 4.69) is 25.7 Å². The Morgan fingerprint density at radius 2 is 2.14 bits per heavy atom. The molecule has 2 aromatic rings. The Hall–Kier alpha value is -2.77. The molecule has 0 bridgehead atoms. The molecule has 2 aromatic heterocycles. The van der Waals surface area contributed by atoms with Gasteiger partial charge in [0.15, 0.2) is 17.4 Å². The van der Waals surface area contributed by atoms with Crippen LogP contribution in [0.4, 0.5) is 17.3 Å². The second-order valence-corrected chi connectivity index (χ2v) is 4.71. The molecule has 3 rings (SSSR count). The van der Waals surface area contributed by atoms with Gasteiger partial charge in [-0.25, -0.2) is 9.97 Å². The van der Waals surface area contributed by atoms with Gasteiger partial charge in [0.2, 0.25) is 0 Å². The average molecular weight is 288 g/mol. The number of rotatable bonds is 4. The first-order valence-electron chi connectivity index (χ1n) is 6.71. The zero-order valence-corrected chi connectivity index (χ0v) is 11.4. The second kappa shape index (κ2) is 5.70. The van der Waals surface area contributed by atoms with E-state index in [0.717, 1.165) is 25.9 Å². The molecular weight excluding hydrogens is 272 g/mol. The number of hydrogen-bond donors (Lipinski definition) is 3. The summed E-state index contributed by atoms with van der Waals surface area (Å²) in [5, 5.41) is 0. The summed E-state index contributed by atoms with van der Waals surface area (Å²) >= 11 is 0. The largest absolute Gasteiger partial charge is 0.459 e. The monoisotopic (exact) mass is 288 g/mol. The Morgan fingerprint density at radius 1 is 1.33 bits per heavy atom. The molecule has 8 nitrogen and oxygen atoms in total. The summed E-state index contributed by atoms with van der Waals surface area (Å²) in [5.41, 5.74) is 11.7. The van der Waals surface area contributed by atoms with Crippen molar-refractivity contribution in [3.63, 3.8) is 0 Å². The third-order valence-corrected chi connectivity index (χ3v) is 3.31. The van der Waals surface area contributed by atoms with E-state index in [4.69, 9.17) is 10.2 Å². The lowest BCUT2D eigenvalue weighted by molar-refractivity contribution is 0.0935. The van der Waals surface area contributed by atoms with Gasteiger partial charge in [0.05, 0.1) is 6.26 Å². The Kier molecular flexibility index (Phi) is 3.59. The molecule has 21 heavy (non-hydrogen) atoms. The number of carbonyl (C=O) groups is 1. The number of hydrogen-bond acceptors (Lipinski definition) is 7. The number of aromatic nitrogens is 2. The van der Waals surface area contributed by atoms with Crippen LogP contribution in [0.5, 0.6) is 0 Å². The van der Waals surface area contributed by atoms with Crippen molar-refractivity contribution in [3.8, 4) is 0 Å². The molecule has 0 radical (unpaired) electrons. The van der Waals surface area contributed by atoms with Crippen LogP contribution in [0.2, 0.25) is 0 Å². The van der Waals surface area contributed by atoms with Gasteiger partial charge in [0, 0.05) is 13.1 Å². The van der Waals surface area contributed by atoms with Gasteiger partial charge >= 0.3 is 5.91 Å².